The van der Waals surface area contributed by atoms with Gasteiger partial charge in [0.15, 0.2) is 0 Å². The molecule has 0 aromatic carbocycles. The summed E-state index contributed by atoms with van der Waals surface area (Å²) in [7, 11) is 0. The molecule has 0 aliphatic carbocycles. The first-order valence-electron chi connectivity index (χ1n) is 10.9. The van der Waals surface area contributed by atoms with Crippen molar-refractivity contribution in [3.8, 4) is 0 Å². The van der Waals surface area contributed by atoms with Gasteiger partial charge in [-0.2, -0.15) is 37.9 Å². The molecule has 0 aromatic heterocycles. The number of carbonyl (C=O) groups is 3. The minimum absolute atomic E-state index is 0.0580. The molecule has 0 aliphatic heterocycles. The van der Waals surface area contributed by atoms with Crippen LogP contribution in [0.15, 0.2) is 0 Å². The summed E-state index contributed by atoms with van der Waals surface area (Å²) >= 11 is 13.1. The monoisotopic (exact) mass is 530 g/mol. The molecule has 0 radical (unpaired) electrons. The summed E-state index contributed by atoms with van der Waals surface area (Å²) in [4.78, 5) is 33.3. The first-order chi connectivity index (χ1) is 15.4. The minimum Gasteiger partial charge on any atom is -0.481 e. The van der Waals surface area contributed by atoms with Crippen molar-refractivity contribution in [2.24, 2.45) is 10.8 Å². The number of carboxylic acids is 3. The Morgan fingerprint density at radius 1 is 0.576 bits per heavy atom. The summed E-state index contributed by atoms with van der Waals surface area (Å²) in [6.07, 6.45) is 1.47. The summed E-state index contributed by atoms with van der Waals surface area (Å²) in [5, 5.41) is 56.2. The van der Waals surface area contributed by atoms with Crippen LogP contribution in [0.2, 0.25) is 0 Å². The highest BCUT2D eigenvalue weighted by Crippen LogP contribution is 2.53. The molecule has 0 saturated heterocycles. The highest BCUT2D eigenvalue weighted by molar-refractivity contribution is 7.81. The standard InChI is InChI=1S/C21H38O9S3/c22-8-7-21(12-23,13-24)20(4-1-14(31)9-17(25)26,5-2-15(32)10-18(27)28)6-3-16(33)11-19(29)30/h14-16,22-24,31-33H,1-13H2,(H,25,26)(H,27,28)(H,29,30). The Bertz CT molecular complexity index is 549. The van der Waals surface area contributed by atoms with Crippen molar-refractivity contribution in [1.82, 2.24) is 0 Å². The molecule has 0 aliphatic rings. The van der Waals surface area contributed by atoms with Gasteiger partial charge in [0, 0.05) is 27.8 Å². The second-order valence-corrected chi connectivity index (χ2v) is 10.9. The Morgan fingerprint density at radius 3 is 1.09 bits per heavy atom. The van der Waals surface area contributed by atoms with Crippen LogP contribution in [0.1, 0.15) is 64.2 Å². The fourth-order valence-corrected chi connectivity index (χ4v) is 5.29. The summed E-state index contributed by atoms with van der Waals surface area (Å²) in [6, 6.07) is 0. The van der Waals surface area contributed by atoms with Crippen LogP contribution in [0, 0.1) is 10.8 Å². The number of thiol groups is 3. The van der Waals surface area contributed by atoms with Crippen molar-refractivity contribution in [3.05, 3.63) is 0 Å². The van der Waals surface area contributed by atoms with Crippen LogP contribution in [0.4, 0.5) is 0 Å². The maximum Gasteiger partial charge on any atom is 0.304 e. The van der Waals surface area contributed by atoms with Crippen LogP contribution < -0.4 is 0 Å². The van der Waals surface area contributed by atoms with Gasteiger partial charge in [-0.15, -0.1) is 0 Å². The molecule has 0 saturated carbocycles. The molecule has 0 rings (SSSR count). The zero-order chi connectivity index (χ0) is 25.7. The molecule has 0 heterocycles. The van der Waals surface area contributed by atoms with E-state index in [1.165, 1.54) is 0 Å². The topological polar surface area (TPSA) is 173 Å². The summed E-state index contributed by atoms with van der Waals surface area (Å²) in [5.41, 5.74) is -2.02. The number of aliphatic hydroxyl groups excluding tert-OH is 3. The first-order valence-corrected chi connectivity index (χ1v) is 12.4. The number of hydrogen-bond donors (Lipinski definition) is 9. The predicted molar refractivity (Wildman–Crippen MR) is 134 cm³/mol. The molecular formula is C21H38O9S3. The van der Waals surface area contributed by atoms with Crippen molar-refractivity contribution >= 4 is 55.8 Å². The van der Waals surface area contributed by atoms with Gasteiger partial charge in [0.1, 0.15) is 0 Å². The van der Waals surface area contributed by atoms with Gasteiger partial charge in [-0.1, -0.05) is 0 Å². The predicted octanol–water partition coefficient (Wildman–Crippen LogP) is 1.99. The van der Waals surface area contributed by atoms with E-state index >= 15 is 0 Å². The molecular weight excluding hydrogens is 492 g/mol. The third-order valence-corrected chi connectivity index (χ3v) is 7.74. The average Bonchev–Trinajstić information content (AvgIpc) is 2.70. The number of aliphatic hydroxyl groups is 3. The maximum absolute atomic E-state index is 11.1. The van der Waals surface area contributed by atoms with Crippen LogP contribution in [-0.4, -0.2) is 84.1 Å². The van der Waals surface area contributed by atoms with Gasteiger partial charge >= 0.3 is 17.9 Å². The Labute approximate surface area is 211 Å². The lowest BCUT2D eigenvalue weighted by Gasteiger charge is -2.51. The lowest BCUT2D eigenvalue weighted by atomic mass is 9.55. The molecule has 3 unspecified atom stereocenters. The van der Waals surface area contributed by atoms with Gasteiger partial charge in [0.2, 0.25) is 0 Å². The second-order valence-electron chi connectivity index (χ2n) is 8.72. The van der Waals surface area contributed by atoms with Crippen LogP contribution in [-0.2, 0) is 14.4 Å². The minimum atomic E-state index is -1.16. The van der Waals surface area contributed by atoms with E-state index in [1.807, 2.05) is 0 Å². The number of aliphatic carboxylic acids is 3. The number of carboxylic acid groups (broad SMARTS) is 3. The molecule has 9 nitrogen and oxygen atoms in total. The van der Waals surface area contributed by atoms with E-state index in [0.717, 1.165) is 0 Å². The number of rotatable bonds is 20. The summed E-state index contributed by atoms with van der Waals surface area (Å²) in [5.74, 6) is -3.04. The normalized spacial score (nSPS) is 16.5. The van der Waals surface area contributed by atoms with Crippen LogP contribution in [0.5, 0.6) is 0 Å². The van der Waals surface area contributed by atoms with Crippen LogP contribution in [0.3, 0.4) is 0 Å². The quantitative estimate of drug-likeness (QED) is 0.107. The fraction of sp³-hybridized carbons (Fsp3) is 0.857. The van der Waals surface area contributed by atoms with E-state index in [9.17, 15) is 29.7 Å². The van der Waals surface area contributed by atoms with E-state index < -0.39 is 57.7 Å². The van der Waals surface area contributed by atoms with Crippen molar-refractivity contribution in [3.63, 3.8) is 0 Å². The molecule has 0 bridgehead atoms. The lowest BCUT2D eigenvalue weighted by Crippen LogP contribution is -2.49. The maximum atomic E-state index is 11.1. The van der Waals surface area contributed by atoms with Crippen molar-refractivity contribution in [1.29, 1.82) is 0 Å². The highest BCUT2D eigenvalue weighted by atomic mass is 32.1. The molecule has 12 heteroatoms. The summed E-state index contributed by atoms with van der Waals surface area (Å²) < 4.78 is 0. The van der Waals surface area contributed by atoms with E-state index in [-0.39, 0.29) is 32.3 Å². The third-order valence-electron chi connectivity index (χ3n) is 6.42. The van der Waals surface area contributed by atoms with Gasteiger partial charge in [-0.05, 0) is 50.4 Å². The van der Waals surface area contributed by atoms with E-state index in [4.69, 9.17) is 15.3 Å². The Balaban J connectivity index is 6.12. The van der Waals surface area contributed by atoms with Gasteiger partial charge in [0.05, 0.1) is 32.5 Å². The van der Waals surface area contributed by atoms with Gasteiger partial charge < -0.3 is 30.6 Å². The van der Waals surface area contributed by atoms with Gasteiger partial charge in [0.25, 0.3) is 0 Å². The van der Waals surface area contributed by atoms with Crippen LogP contribution >= 0.6 is 37.9 Å². The molecule has 194 valence electrons. The molecule has 0 amide bonds. The molecule has 6 N–H and O–H groups in total. The fourth-order valence-electron chi connectivity index (χ4n) is 4.43. The lowest BCUT2D eigenvalue weighted by molar-refractivity contribution is -0.138. The number of hydrogen-bond acceptors (Lipinski definition) is 9. The van der Waals surface area contributed by atoms with Crippen molar-refractivity contribution < 1.29 is 45.0 Å². The molecule has 33 heavy (non-hydrogen) atoms. The van der Waals surface area contributed by atoms with Gasteiger partial charge in [-0.3, -0.25) is 14.4 Å². The molecule has 3 atom stereocenters. The second kappa shape index (κ2) is 16.1. The average molecular weight is 531 g/mol. The third kappa shape index (κ3) is 11.5. The van der Waals surface area contributed by atoms with Gasteiger partial charge in [-0.25, -0.2) is 0 Å². The zero-order valence-electron chi connectivity index (χ0n) is 18.7. The first kappa shape index (κ1) is 32.3. The Kier molecular flexibility index (Phi) is 15.8. The molecule has 0 spiro atoms. The summed E-state index contributed by atoms with van der Waals surface area (Å²) in [6.45, 7) is -1.25. The SMILES string of the molecule is O=C(O)CC(S)CCC(CCC(S)CC(=O)O)(CCC(S)CC(=O)O)C(CO)(CO)CCO. The highest BCUT2D eigenvalue weighted by Gasteiger charge is 2.49. The smallest absolute Gasteiger partial charge is 0.304 e. The molecule has 0 aromatic rings. The Morgan fingerprint density at radius 2 is 0.879 bits per heavy atom. The van der Waals surface area contributed by atoms with Crippen molar-refractivity contribution in [2.45, 2.75) is 80.0 Å². The van der Waals surface area contributed by atoms with E-state index in [2.05, 4.69) is 37.9 Å². The molecule has 0 fully saturated rings. The Hall–Kier alpha value is -0.660. The van der Waals surface area contributed by atoms with Crippen molar-refractivity contribution in [2.75, 3.05) is 19.8 Å². The largest absolute Gasteiger partial charge is 0.481 e. The zero-order valence-corrected chi connectivity index (χ0v) is 21.4. The van der Waals surface area contributed by atoms with Crippen LogP contribution in [0.25, 0.3) is 0 Å². The van der Waals surface area contributed by atoms with E-state index in [1.54, 1.807) is 0 Å². The van der Waals surface area contributed by atoms with E-state index in [0.29, 0.717) is 38.5 Å².